The fourth-order valence-electron chi connectivity index (χ4n) is 2.17. The number of rotatable bonds is 6. The quantitative estimate of drug-likeness (QED) is 0.848. The number of aromatic nitrogens is 1. The smallest absolute Gasteiger partial charge is 0.322 e. The second-order valence-corrected chi connectivity index (χ2v) is 5.31. The molecule has 0 atom stereocenters. The minimum Gasteiger partial charge on any atom is -0.444 e. The minimum atomic E-state index is -2.67. The Bertz CT molecular complexity index is 704. The summed E-state index contributed by atoms with van der Waals surface area (Å²) in [6.07, 6.45) is -1.16. The fourth-order valence-corrected chi connectivity index (χ4v) is 2.17. The molecule has 0 fully saturated rings. The number of aliphatic hydroxyl groups is 1. The van der Waals surface area contributed by atoms with Gasteiger partial charge in [-0.3, -0.25) is 0 Å². The normalized spacial score (nSPS) is 10.9. The highest BCUT2D eigenvalue weighted by atomic mass is 19.3. The number of benzene rings is 1. The highest BCUT2D eigenvalue weighted by molar-refractivity contribution is 5.90. The number of aryl methyl sites for hydroxylation is 2. The highest BCUT2D eigenvalue weighted by Gasteiger charge is 2.18. The number of alkyl halides is 2. The first-order chi connectivity index (χ1) is 11.4. The number of amides is 2. The fraction of sp³-hybridized carbons (Fsp3) is 0.375. The third kappa shape index (κ3) is 4.51. The van der Waals surface area contributed by atoms with E-state index in [1.807, 2.05) is 6.92 Å². The first kappa shape index (κ1) is 17.9. The molecule has 0 saturated heterocycles. The van der Waals surface area contributed by atoms with E-state index in [2.05, 4.69) is 10.3 Å². The standard InChI is InChI=1S/C16H19F2N3O3/c1-10-3-4-12(7-13(10)15-19-11(2)9-24-15)20-16(23)21(5-6-22)8-14(17)18/h3-4,7,9,14,22H,5-6,8H2,1-2H3,(H,20,23). The average Bonchev–Trinajstić information content (AvgIpc) is 2.94. The van der Waals surface area contributed by atoms with Gasteiger partial charge >= 0.3 is 6.03 Å². The summed E-state index contributed by atoms with van der Waals surface area (Å²) in [5.41, 5.74) is 2.75. The number of carbonyl (C=O) groups is 1. The molecule has 0 bridgehead atoms. The molecule has 0 radical (unpaired) electrons. The summed E-state index contributed by atoms with van der Waals surface area (Å²) in [5.74, 6) is 0.417. The maximum absolute atomic E-state index is 12.5. The number of hydrogen-bond acceptors (Lipinski definition) is 4. The number of halogens is 2. The Balaban J connectivity index is 2.18. The van der Waals surface area contributed by atoms with E-state index in [1.165, 1.54) is 6.26 Å². The number of oxazole rings is 1. The number of nitrogens with one attached hydrogen (secondary N) is 1. The van der Waals surface area contributed by atoms with Crippen molar-refractivity contribution in [3.05, 3.63) is 35.7 Å². The molecule has 2 rings (SSSR count). The van der Waals surface area contributed by atoms with Crippen molar-refractivity contribution in [2.45, 2.75) is 20.3 Å². The lowest BCUT2D eigenvalue weighted by atomic mass is 10.1. The Morgan fingerprint density at radius 3 is 2.75 bits per heavy atom. The number of aliphatic hydroxyl groups excluding tert-OH is 1. The molecule has 2 aromatic rings. The summed E-state index contributed by atoms with van der Waals surface area (Å²) in [7, 11) is 0. The van der Waals surface area contributed by atoms with Gasteiger partial charge < -0.3 is 19.7 Å². The molecule has 0 aliphatic heterocycles. The Labute approximate surface area is 138 Å². The summed E-state index contributed by atoms with van der Waals surface area (Å²) >= 11 is 0. The van der Waals surface area contributed by atoms with E-state index < -0.39 is 25.6 Å². The third-order valence-electron chi connectivity index (χ3n) is 3.35. The number of hydrogen-bond donors (Lipinski definition) is 2. The summed E-state index contributed by atoms with van der Waals surface area (Å²) in [5, 5.41) is 11.5. The molecule has 0 aliphatic rings. The SMILES string of the molecule is Cc1coc(-c2cc(NC(=O)N(CCO)CC(F)F)ccc2C)n1. The monoisotopic (exact) mass is 339 g/mol. The van der Waals surface area contributed by atoms with Crippen molar-refractivity contribution in [3.63, 3.8) is 0 Å². The first-order valence-corrected chi connectivity index (χ1v) is 7.38. The molecule has 0 aliphatic carbocycles. The molecule has 24 heavy (non-hydrogen) atoms. The molecule has 0 unspecified atom stereocenters. The van der Waals surface area contributed by atoms with Crippen molar-refractivity contribution >= 4 is 11.7 Å². The van der Waals surface area contributed by atoms with E-state index in [1.54, 1.807) is 25.1 Å². The number of anilines is 1. The van der Waals surface area contributed by atoms with E-state index in [-0.39, 0.29) is 6.54 Å². The van der Waals surface area contributed by atoms with Gasteiger partial charge in [-0.15, -0.1) is 0 Å². The molecule has 1 heterocycles. The van der Waals surface area contributed by atoms with E-state index >= 15 is 0 Å². The summed E-state index contributed by atoms with van der Waals surface area (Å²) in [6, 6.07) is 4.39. The van der Waals surface area contributed by atoms with E-state index in [0.29, 0.717) is 17.1 Å². The van der Waals surface area contributed by atoms with Crippen molar-refractivity contribution in [3.8, 4) is 11.5 Å². The Kier molecular flexibility index (Phi) is 5.86. The van der Waals surface area contributed by atoms with Crippen LogP contribution < -0.4 is 5.32 Å². The van der Waals surface area contributed by atoms with Crippen molar-refractivity contribution in [1.29, 1.82) is 0 Å². The van der Waals surface area contributed by atoms with Gasteiger partial charge in [-0.05, 0) is 31.5 Å². The van der Waals surface area contributed by atoms with Crippen LogP contribution in [-0.4, -0.2) is 47.1 Å². The van der Waals surface area contributed by atoms with E-state index in [0.717, 1.165) is 16.2 Å². The zero-order valence-electron chi connectivity index (χ0n) is 13.4. The molecular weight excluding hydrogens is 320 g/mol. The van der Waals surface area contributed by atoms with Gasteiger partial charge in [-0.2, -0.15) is 0 Å². The largest absolute Gasteiger partial charge is 0.444 e. The molecule has 2 N–H and O–H groups in total. The van der Waals surface area contributed by atoms with E-state index in [4.69, 9.17) is 9.52 Å². The van der Waals surface area contributed by atoms with Crippen LogP contribution in [0.5, 0.6) is 0 Å². The predicted molar refractivity (Wildman–Crippen MR) is 85.1 cm³/mol. The van der Waals surface area contributed by atoms with Crippen LogP contribution >= 0.6 is 0 Å². The minimum absolute atomic E-state index is 0.173. The number of urea groups is 1. The van der Waals surface area contributed by atoms with Gasteiger partial charge in [-0.1, -0.05) is 6.07 Å². The van der Waals surface area contributed by atoms with Crippen molar-refractivity contribution in [2.75, 3.05) is 25.0 Å². The summed E-state index contributed by atoms with van der Waals surface area (Å²) in [6.45, 7) is 2.35. The van der Waals surface area contributed by atoms with Gasteiger partial charge in [0.25, 0.3) is 6.43 Å². The lowest BCUT2D eigenvalue weighted by molar-refractivity contribution is 0.0943. The molecule has 6 nitrogen and oxygen atoms in total. The maximum atomic E-state index is 12.5. The molecule has 8 heteroatoms. The predicted octanol–water partition coefficient (Wildman–Crippen LogP) is 3.05. The Morgan fingerprint density at radius 2 is 2.17 bits per heavy atom. The second kappa shape index (κ2) is 7.87. The summed E-state index contributed by atoms with van der Waals surface area (Å²) in [4.78, 5) is 17.2. The van der Waals surface area contributed by atoms with Crippen molar-refractivity contribution < 1.29 is 23.1 Å². The number of nitrogens with zero attached hydrogens (tertiary/aromatic N) is 2. The Morgan fingerprint density at radius 1 is 1.42 bits per heavy atom. The lowest BCUT2D eigenvalue weighted by Crippen LogP contribution is -2.40. The summed E-state index contributed by atoms with van der Waals surface area (Å²) < 4.78 is 30.4. The number of carbonyl (C=O) groups excluding carboxylic acids is 1. The van der Waals surface area contributed by atoms with Crippen LogP contribution in [0.1, 0.15) is 11.3 Å². The topological polar surface area (TPSA) is 78.6 Å². The van der Waals surface area contributed by atoms with Crippen molar-refractivity contribution in [2.24, 2.45) is 0 Å². The van der Waals surface area contributed by atoms with Gasteiger partial charge in [0.05, 0.1) is 18.8 Å². The van der Waals surface area contributed by atoms with Crippen LogP contribution in [0, 0.1) is 13.8 Å². The van der Waals surface area contributed by atoms with Gasteiger partial charge in [0.1, 0.15) is 6.26 Å². The average molecular weight is 339 g/mol. The van der Waals surface area contributed by atoms with E-state index in [9.17, 15) is 13.6 Å². The molecule has 130 valence electrons. The van der Waals surface area contributed by atoms with Crippen LogP contribution in [0.25, 0.3) is 11.5 Å². The Hall–Kier alpha value is -2.48. The lowest BCUT2D eigenvalue weighted by Gasteiger charge is -2.22. The molecule has 0 saturated carbocycles. The van der Waals surface area contributed by atoms with Gasteiger partial charge in [-0.25, -0.2) is 18.6 Å². The molecule has 2 amide bonds. The van der Waals surface area contributed by atoms with Crippen LogP contribution in [0.4, 0.5) is 19.3 Å². The molecular formula is C16H19F2N3O3. The highest BCUT2D eigenvalue weighted by Crippen LogP contribution is 2.26. The van der Waals surface area contributed by atoms with Crippen LogP contribution in [0.2, 0.25) is 0 Å². The third-order valence-corrected chi connectivity index (χ3v) is 3.35. The second-order valence-electron chi connectivity index (χ2n) is 5.31. The van der Waals surface area contributed by atoms with Crippen LogP contribution in [0.15, 0.2) is 28.9 Å². The maximum Gasteiger partial charge on any atom is 0.322 e. The molecule has 1 aromatic heterocycles. The first-order valence-electron chi connectivity index (χ1n) is 7.38. The zero-order valence-corrected chi connectivity index (χ0v) is 13.4. The molecule has 0 spiro atoms. The van der Waals surface area contributed by atoms with Crippen LogP contribution in [-0.2, 0) is 0 Å². The molecule has 1 aromatic carbocycles. The van der Waals surface area contributed by atoms with Gasteiger partial charge in [0.2, 0.25) is 5.89 Å². The van der Waals surface area contributed by atoms with Crippen LogP contribution in [0.3, 0.4) is 0 Å². The van der Waals surface area contributed by atoms with Gasteiger partial charge in [0, 0.05) is 17.8 Å². The van der Waals surface area contributed by atoms with Gasteiger partial charge in [0.15, 0.2) is 0 Å². The zero-order chi connectivity index (χ0) is 17.7. The van der Waals surface area contributed by atoms with Crippen molar-refractivity contribution in [1.82, 2.24) is 9.88 Å².